The first-order valence-corrected chi connectivity index (χ1v) is 22.7. The van der Waals surface area contributed by atoms with E-state index in [9.17, 15) is 27.1 Å². The summed E-state index contributed by atoms with van der Waals surface area (Å²) in [5, 5.41) is -1.20. The fourth-order valence-electron chi connectivity index (χ4n) is 8.42. The number of benzene rings is 2. The molecule has 0 bridgehead atoms. The van der Waals surface area contributed by atoms with Crippen LogP contribution in [0.3, 0.4) is 0 Å². The van der Waals surface area contributed by atoms with Crippen molar-refractivity contribution in [3.63, 3.8) is 0 Å². The van der Waals surface area contributed by atoms with Gasteiger partial charge in [0.25, 0.3) is 21.9 Å². The average Bonchev–Trinajstić information content (AvgIpc) is 3.66. The lowest BCUT2D eigenvalue weighted by Gasteiger charge is -2.26. The molecule has 0 spiro atoms. The molecule has 294 valence electrons. The van der Waals surface area contributed by atoms with E-state index in [0.717, 1.165) is 48.8 Å². The van der Waals surface area contributed by atoms with E-state index in [0.29, 0.717) is 90.6 Å². The second-order valence-corrected chi connectivity index (χ2v) is 20.2. The van der Waals surface area contributed by atoms with Crippen LogP contribution in [0.1, 0.15) is 83.7 Å². The molecule has 1 N–H and O–H groups in total. The Balaban J connectivity index is 1.07. The standard InChI is InChI=1S/C40H53N2O10PS/c1-6-7-14-53(45,15-8-12-51-36-19-28-10-11-30-17-26(2)24-41(30)39(43)31(28)22-34(36)49-4)16-9-13-52-37-20-29-21-38(54(46,47)48)33-18-27(3)25-42(33)40(44)32(29)23-35(37)50-5/h19-20,22-23,30,33,38H,2-3,6-18,21,24-25H2,1,4-5H3,(H,46,47,48)/t30-,33+,38?,53?/m1/s1. The van der Waals surface area contributed by atoms with E-state index in [1.807, 2.05) is 11.0 Å². The van der Waals surface area contributed by atoms with Gasteiger partial charge in [0.05, 0.1) is 40.6 Å². The maximum atomic E-state index is 14.2. The predicted molar refractivity (Wildman–Crippen MR) is 208 cm³/mol. The molecular formula is C40H53N2O10PS. The van der Waals surface area contributed by atoms with Crippen LogP contribution in [0.25, 0.3) is 0 Å². The van der Waals surface area contributed by atoms with Crippen LogP contribution in [0.4, 0.5) is 0 Å². The van der Waals surface area contributed by atoms with Crippen molar-refractivity contribution in [2.75, 3.05) is 59.0 Å². The molecule has 2 aromatic carbocycles. The lowest BCUT2D eigenvalue weighted by molar-refractivity contribution is 0.0734. The van der Waals surface area contributed by atoms with Gasteiger partial charge in [0.2, 0.25) is 0 Å². The van der Waals surface area contributed by atoms with Gasteiger partial charge < -0.3 is 33.3 Å². The molecule has 4 aliphatic heterocycles. The summed E-state index contributed by atoms with van der Waals surface area (Å²) < 4.78 is 72.9. The van der Waals surface area contributed by atoms with Crippen molar-refractivity contribution in [2.24, 2.45) is 0 Å². The number of nitrogens with zero attached hydrogens (tertiary/aromatic N) is 2. The van der Waals surface area contributed by atoms with Crippen molar-refractivity contribution < 1.29 is 46.1 Å². The van der Waals surface area contributed by atoms with Crippen LogP contribution in [0.5, 0.6) is 23.0 Å². The third-order valence-corrected chi connectivity index (χ3v) is 15.9. The number of ether oxygens (including phenoxy) is 4. The Hall–Kier alpha value is -3.80. The van der Waals surface area contributed by atoms with Crippen LogP contribution < -0.4 is 18.9 Å². The summed E-state index contributed by atoms with van der Waals surface area (Å²) in [5.41, 5.74) is 4.18. The highest BCUT2D eigenvalue weighted by Crippen LogP contribution is 2.48. The van der Waals surface area contributed by atoms with Crippen LogP contribution >= 0.6 is 7.14 Å². The Bertz CT molecular complexity index is 1960. The minimum atomic E-state index is -4.48. The van der Waals surface area contributed by atoms with E-state index in [1.54, 1.807) is 25.3 Å². The zero-order valence-electron chi connectivity index (χ0n) is 31.6. The van der Waals surface area contributed by atoms with Crippen molar-refractivity contribution in [3.8, 4) is 23.0 Å². The molecule has 2 amide bonds. The third kappa shape index (κ3) is 8.53. The molecule has 12 nitrogen and oxygen atoms in total. The maximum Gasteiger partial charge on any atom is 0.270 e. The van der Waals surface area contributed by atoms with Gasteiger partial charge in [0.15, 0.2) is 23.0 Å². The number of hydrogen-bond donors (Lipinski definition) is 1. The molecule has 0 aromatic heterocycles. The molecule has 2 saturated heterocycles. The van der Waals surface area contributed by atoms with Crippen LogP contribution in [0.2, 0.25) is 0 Å². The molecule has 0 radical (unpaired) electrons. The SMILES string of the molecule is C=C1C[C@H]2CCc3cc(OCCCP(=O)(CCCC)CCCOc4cc5c(cc4OC)C(=O)N4CC(=C)C[C@H]4C(S(=O)(=O)O)C5)c(OC)cc3C(=O)N2C1. The zero-order chi connectivity index (χ0) is 38.8. The fourth-order valence-corrected chi connectivity index (χ4v) is 12.4. The molecule has 0 saturated carbocycles. The number of aryl methyl sites for hydroxylation is 1. The smallest absolute Gasteiger partial charge is 0.270 e. The van der Waals surface area contributed by atoms with Gasteiger partial charge in [-0.1, -0.05) is 37.6 Å². The summed E-state index contributed by atoms with van der Waals surface area (Å²) in [7, 11) is -4.01. The summed E-state index contributed by atoms with van der Waals surface area (Å²) in [4.78, 5) is 30.3. The van der Waals surface area contributed by atoms with Crippen molar-refractivity contribution in [1.29, 1.82) is 0 Å². The maximum absolute atomic E-state index is 14.2. The van der Waals surface area contributed by atoms with Gasteiger partial charge in [-0.3, -0.25) is 14.1 Å². The van der Waals surface area contributed by atoms with Gasteiger partial charge in [0.1, 0.15) is 5.25 Å². The van der Waals surface area contributed by atoms with Gasteiger partial charge >= 0.3 is 0 Å². The number of amides is 2. The zero-order valence-corrected chi connectivity index (χ0v) is 33.4. The summed E-state index contributed by atoms with van der Waals surface area (Å²) in [6.07, 6.45) is 7.23. The molecule has 2 fully saturated rings. The summed E-state index contributed by atoms with van der Waals surface area (Å²) in [5.74, 6) is 1.43. The Morgan fingerprint density at radius 3 is 1.91 bits per heavy atom. The summed E-state index contributed by atoms with van der Waals surface area (Å²) in [6, 6.07) is 6.37. The summed E-state index contributed by atoms with van der Waals surface area (Å²) >= 11 is 0. The first-order valence-electron chi connectivity index (χ1n) is 18.9. The lowest BCUT2D eigenvalue weighted by atomic mass is 9.99. The molecule has 2 aromatic rings. The van der Waals surface area contributed by atoms with Gasteiger partial charge in [-0.15, -0.1) is 0 Å². The summed E-state index contributed by atoms with van der Waals surface area (Å²) in [6.45, 7) is 11.5. The number of hydrogen-bond acceptors (Lipinski definition) is 9. The van der Waals surface area contributed by atoms with E-state index in [4.69, 9.17) is 18.9 Å². The molecule has 4 heterocycles. The normalized spacial score (nSPS) is 22.1. The molecule has 14 heteroatoms. The van der Waals surface area contributed by atoms with Crippen LogP contribution in [-0.2, 0) is 27.5 Å². The van der Waals surface area contributed by atoms with E-state index in [1.165, 1.54) is 12.0 Å². The number of unbranched alkanes of at least 4 members (excludes halogenated alkanes) is 1. The van der Waals surface area contributed by atoms with Crippen molar-refractivity contribution in [2.45, 2.75) is 82.0 Å². The number of fused-ring (bicyclic) bond motifs is 4. The van der Waals surface area contributed by atoms with E-state index in [-0.39, 0.29) is 37.4 Å². The molecule has 2 unspecified atom stereocenters. The quantitative estimate of drug-likeness (QED) is 0.0877. The number of carbonyl (C=O) groups excluding carboxylic acids is 2. The molecule has 4 aliphatic rings. The molecule has 54 heavy (non-hydrogen) atoms. The number of methoxy groups -OCH3 is 2. The Morgan fingerprint density at radius 2 is 1.31 bits per heavy atom. The van der Waals surface area contributed by atoms with Crippen molar-refractivity contribution in [3.05, 3.63) is 70.8 Å². The molecule has 6 rings (SSSR count). The first kappa shape index (κ1) is 39.9. The highest BCUT2D eigenvalue weighted by Gasteiger charge is 2.46. The predicted octanol–water partition coefficient (Wildman–Crippen LogP) is 6.41. The van der Waals surface area contributed by atoms with Gasteiger partial charge in [0, 0.05) is 48.7 Å². The molecule has 4 atom stereocenters. The molecular weight excluding hydrogens is 731 g/mol. The third-order valence-electron chi connectivity index (χ3n) is 11.2. The highest BCUT2D eigenvalue weighted by molar-refractivity contribution is 7.86. The van der Waals surface area contributed by atoms with Crippen LogP contribution in [0, 0.1) is 0 Å². The Morgan fingerprint density at radius 1 is 0.778 bits per heavy atom. The topological polar surface area (TPSA) is 149 Å². The Labute approximate surface area is 319 Å². The van der Waals surface area contributed by atoms with E-state index in [2.05, 4.69) is 20.1 Å². The largest absolute Gasteiger partial charge is 0.493 e. The monoisotopic (exact) mass is 784 g/mol. The van der Waals surface area contributed by atoms with Crippen molar-refractivity contribution >= 4 is 29.1 Å². The minimum Gasteiger partial charge on any atom is -0.493 e. The van der Waals surface area contributed by atoms with Gasteiger partial charge in [-0.2, -0.15) is 8.42 Å². The number of carbonyl (C=O) groups is 2. The van der Waals surface area contributed by atoms with Crippen LogP contribution in [-0.4, -0.2) is 111 Å². The Kier molecular flexibility index (Phi) is 12.2. The average molecular weight is 785 g/mol. The van der Waals surface area contributed by atoms with Gasteiger partial charge in [-0.25, -0.2) is 0 Å². The first-order chi connectivity index (χ1) is 25.7. The van der Waals surface area contributed by atoms with E-state index >= 15 is 0 Å². The van der Waals surface area contributed by atoms with Gasteiger partial charge in [-0.05, 0) is 86.8 Å². The molecule has 0 aliphatic carbocycles. The van der Waals surface area contributed by atoms with Crippen LogP contribution in [0.15, 0.2) is 48.6 Å². The highest BCUT2D eigenvalue weighted by atomic mass is 32.2. The second-order valence-electron chi connectivity index (χ2n) is 15.1. The lowest BCUT2D eigenvalue weighted by Crippen LogP contribution is -2.44. The minimum absolute atomic E-state index is 0.00504. The number of rotatable bonds is 16. The van der Waals surface area contributed by atoms with E-state index < -0.39 is 28.6 Å². The van der Waals surface area contributed by atoms with Crippen molar-refractivity contribution in [1.82, 2.24) is 9.80 Å². The second kappa shape index (κ2) is 16.5. The fraction of sp³-hybridized carbons (Fsp3) is 0.550.